The number of hydrogen-bond acceptors (Lipinski definition) is 5. The largest absolute Gasteiger partial charge is 0.481 e. The van der Waals surface area contributed by atoms with Crippen molar-refractivity contribution in [2.24, 2.45) is 0 Å². The van der Waals surface area contributed by atoms with Gasteiger partial charge in [0.1, 0.15) is 6.42 Å². The minimum atomic E-state index is -1.02. The molecule has 78 valence electrons. The normalized spacial score (nSPS) is 10.5. The zero-order valence-corrected chi connectivity index (χ0v) is 8.89. The van der Waals surface area contributed by atoms with Crippen molar-refractivity contribution in [3.05, 3.63) is 22.7 Å². The lowest BCUT2D eigenvalue weighted by atomic mass is 10.4. The van der Waals surface area contributed by atoms with Gasteiger partial charge in [-0.2, -0.15) is 4.98 Å². The monoisotopic (exact) mass is 272 g/mol. The first-order valence-corrected chi connectivity index (χ1v) is 4.74. The molecule has 0 radical (unpaired) electrons. The smallest absolute Gasteiger partial charge is 0.312 e. The Labute approximate surface area is 92.0 Å². The lowest BCUT2D eigenvalue weighted by Gasteiger charge is -1.84. The van der Waals surface area contributed by atoms with E-state index >= 15 is 0 Å². The molecule has 0 aliphatic rings. The number of carboxylic acid groups (broad SMARTS) is 1. The van der Waals surface area contributed by atoms with Gasteiger partial charge in [-0.3, -0.25) is 4.79 Å². The van der Waals surface area contributed by atoms with Crippen molar-refractivity contribution in [3.63, 3.8) is 0 Å². The number of rotatable bonds is 3. The van der Waals surface area contributed by atoms with Gasteiger partial charge in [0.15, 0.2) is 10.4 Å². The van der Waals surface area contributed by atoms with Crippen LogP contribution in [-0.4, -0.2) is 21.2 Å². The summed E-state index contributed by atoms with van der Waals surface area (Å²) in [6, 6.07) is 3.34. The fraction of sp³-hybridized carbons (Fsp3) is 0.125. The predicted octanol–water partition coefficient (Wildman–Crippen LogP) is 1.72. The van der Waals surface area contributed by atoms with Crippen LogP contribution >= 0.6 is 15.9 Å². The number of aromatic nitrogens is 2. The molecule has 0 saturated carbocycles. The van der Waals surface area contributed by atoms with E-state index in [2.05, 4.69) is 26.1 Å². The molecule has 2 aromatic rings. The van der Waals surface area contributed by atoms with Gasteiger partial charge in [0.05, 0.1) is 0 Å². The maximum absolute atomic E-state index is 10.4. The van der Waals surface area contributed by atoms with Crippen molar-refractivity contribution in [3.8, 4) is 11.6 Å². The van der Waals surface area contributed by atoms with Crippen LogP contribution in [-0.2, 0) is 11.2 Å². The summed E-state index contributed by atoms with van der Waals surface area (Å²) < 4.78 is 10.4. The molecule has 1 N–H and O–H groups in total. The molecule has 7 heteroatoms. The fourth-order valence-electron chi connectivity index (χ4n) is 0.991. The van der Waals surface area contributed by atoms with Crippen LogP contribution in [0.2, 0.25) is 0 Å². The van der Waals surface area contributed by atoms with E-state index in [1.165, 1.54) is 0 Å². The molecule has 0 aliphatic heterocycles. The predicted molar refractivity (Wildman–Crippen MR) is 51.0 cm³/mol. The number of halogens is 1. The van der Waals surface area contributed by atoms with Crippen LogP contribution in [0.15, 0.2) is 25.7 Å². The van der Waals surface area contributed by atoms with E-state index in [-0.39, 0.29) is 18.1 Å². The number of carbonyl (C=O) groups is 1. The zero-order valence-electron chi connectivity index (χ0n) is 7.31. The molecule has 2 aromatic heterocycles. The molecular formula is C8H5BrN2O4. The molecule has 0 atom stereocenters. The summed E-state index contributed by atoms with van der Waals surface area (Å²) in [4.78, 5) is 14.2. The van der Waals surface area contributed by atoms with Gasteiger partial charge in [-0.05, 0) is 28.1 Å². The number of aliphatic carboxylic acids is 1. The summed E-state index contributed by atoms with van der Waals surface area (Å²) in [5.41, 5.74) is 0. The van der Waals surface area contributed by atoms with Crippen LogP contribution < -0.4 is 0 Å². The van der Waals surface area contributed by atoms with Crippen LogP contribution in [0, 0.1) is 0 Å². The Balaban J connectivity index is 2.23. The summed E-state index contributed by atoms with van der Waals surface area (Å²) in [5, 5.41) is 12.1. The molecule has 0 unspecified atom stereocenters. The molecular weight excluding hydrogens is 268 g/mol. The maximum atomic E-state index is 10.4. The molecule has 0 saturated heterocycles. The molecule has 2 rings (SSSR count). The highest BCUT2D eigenvalue weighted by atomic mass is 79.9. The summed E-state index contributed by atoms with van der Waals surface area (Å²) in [7, 11) is 0. The summed E-state index contributed by atoms with van der Waals surface area (Å²) in [6.07, 6.45) is -0.297. The number of furan rings is 1. The zero-order chi connectivity index (χ0) is 10.8. The van der Waals surface area contributed by atoms with E-state index in [9.17, 15) is 4.79 Å². The summed E-state index contributed by atoms with van der Waals surface area (Å²) in [5.74, 6) is -0.324. The Morgan fingerprint density at radius 3 is 2.93 bits per heavy atom. The van der Waals surface area contributed by atoms with Crippen LogP contribution in [0.3, 0.4) is 0 Å². The lowest BCUT2D eigenvalue weighted by Crippen LogP contribution is -1.99. The van der Waals surface area contributed by atoms with Crippen LogP contribution in [0.1, 0.15) is 5.89 Å². The van der Waals surface area contributed by atoms with Crippen molar-refractivity contribution in [2.45, 2.75) is 6.42 Å². The van der Waals surface area contributed by atoms with Crippen molar-refractivity contribution in [1.82, 2.24) is 10.1 Å². The van der Waals surface area contributed by atoms with Crippen molar-refractivity contribution in [2.75, 3.05) is 0 Å². The lowest BCUT2D eigenvalue weighted by molar-refractivity contribution is -0.136. The van der Waals surface area contributed by atoms with Gasteiger partial charge in [-0.15, -0.1) is 0 Å². The highest BCUT2D eigenvalue weighted by molar-refractivity contribution is 9.10. The standard InChI is InChI=1S/C8H5BrN2O4/c9-5-2-1-4(14-5)8-10-6(15-11-8)3-7(12)13/h1-2H,3H2,(H,12,13). The van der Waals surface area contributed by atoms with E-state index in [0.717, 1.165) is 0 Å². The van der Waals surface area contributed by atoms with E-state index in [0.29, 0.717) is 10.4 Å². The highest BCUT2D eigenvalue weighted by Crippen LogP contribution is 2.22. The SMILES string of the molecule is O=C(O)Cc1nc(-c2ccc(Br)o2)no1. The van der Waals surface area contributed by atoms with Crippen LogP contribution in [0.4, 0.5) is 0 Å². The Kier molecular flexibility index (Phi) is 2.55. The van der Waals surface area contributed by atoms with Gasteiger partial charge in [0.2, 0.25) is 11.7 Å². The molecule has 0 fully saturated rings. The number of nitrogens with zero attached hydrogens (tertiary/aromatic N) is 2. The molecule has 0 spiro atoms. The second-order valence-electron chi connectivity index (χ2n) is 2.69. The Bertz CT molecular complexity index is 490. The van der Waals surface area contributed by atoms with E-state index < -0.39 is 5.97 Å². The van der Waals surface area contributed by atoms with Gasteiger partial charge in [-0.25, -0.2) is 0 Å². The summed E-state index contributed by atoms with van der Waals surface area (Å²) in [6.45, 7) is 0. The second-order valence-corrected chi connectivity index (χ2v) is 3.47. The molecule has 15 heavy (non-hydrogen) atoms. The first kappa shape index (κ1) is 9.91. The average molecular weight is 273 g/mol. The van der Waals surface area contributed by atoms with Crippen molar-refractivity contribution in [1.29, 1.82) is 0 Å². The first-order valence-electron chi connectivity index (χ1n) is 3.95. The van der Waals surface area contributed by atoms with Gasteiger partial charge in [-0.1, -0.05) is 5.16 Å². The topological polar surface area (TPSA) is 89.4 Å². The molecule has 0 aromatic carbocycles. The number of hydrogen-bond donors (Lipinski definition) is 1. The van der Waals surface area contributed by atoms with Gasteiger partial charge < -0.3 is 14.0 Å². The maximum Gasteiger partial charge on any atom is 0.312 e. The fourth-order valence-corrected chi connectivity index (χ4v) is 1.30. The summed E-state index contributed by atoms with van der Waals surface area (Å²) >= 11 is 3.13. The molecule has 6 nitrogen and oxygen atoms in total. The van der Waals surface area contributed by atoms with Gasteiger partial charge in [0, 0.05) is 0 Å². The quantitative estimate of drug-likeness (QED) is 0.915. The Hall–Kier alpha value is -1.63. The van der Waals surface area contributed by atoms with Crippen molar-refractivity contribution >= 4 is 21.9 Å². The minimum absolute atomic E-state index is 0.0463. The minimum Gasteiger partial charge on any atom is -0.481 e. The van der Waals surface area contributed by atoms with Gasteiger partial charge >= 0.3 is 5.97 Å². The highest BCUT2D eigenvalue weighted by Gasteiger charge is 2.13. The number of carboxylic acids is 1. The van der Waals surface area contributed by atoms with E-state index in [4.69, 9.17) is 14.0 Å². The van der Waals surface area contributed by atoms with Crippen LogP contribution in [0.5, 0.6) is 0 Å². The Morgan fingerprint density at radius 2 is 2.33 bits per heavy atom. The van der Waals surface area contributed by atoms with Crippen LogP contribution in [0.25, 0.3) is 11.6 Å². The molecule has 0 amide bonds. The average Bonchev–Trinajstić information content (AvgIpc) is 2.72. The van der Waals surface area contributed by atoms with Gasteiger partial charge in [0.25, 0.3) is 0 Å². The van der Waals surface area contributed by atoms with E-state index in [1.807, 2.05) is 0 Å². The molecule has 2 heterocycles. The first-order chi connectivity index (χ1) is 7.15. The molecule has 0 bridgehead atoms. The second kappa shape index (κ2) is 3.85. The third-order valence-corrected chi connectivity index (χ3v) is 1.99. The Morgan fingerprint density at radius 1 is 1.53 bits per heavy atom. The molecule has 0 aliphatic carbocycles. The van der Waals surface area contributed by atoms with Crippen molar-refractivity contribution < 1.29 is 18.8 Å². The third kappa shape index (κ3) is 2.24. The van der Waals surface area contributed by atoms with E-state index in [1.54, 1.807) is 12.1 Å². The third-order valence-electron chi connectivity index (χ3n) is 1.56.